The van der Waals surface area contributed by atoms with Crippen LogP contribution in [0.4, 0.5) is 0 Å². The molecule has 0 aliphatic rings. The molecule has 6 nitrogen and oxygen atoms in total. The van der Waals surface area contributed by atoms with Crippen LogP contribution in [0.5, 0.6) is 5.75 Å². The number of ketones is 1. The van der Waals surface area contributed by atoms with Gasteiger partial charge < -0.3 is 14.8 Å². The molecule has 0 bridgehead atoms. The fourth-order valence-electron chi connectivity index (χ4n) is 2.66. The van der Waals surface area contributed by atoms with Crippen LogP contribution in [0.1, 0.15) is 37.8 Å². The molecule has 0 heterocycles. The molecule has 154 valence electrons. The van der Waals surface area contributed by atoms with Crippen molar-refractivity contribution in [2.24, 2.45) is 0 Å². The molecule has 0 unspecified atom stereocenters. The van der Waals surface area contributed by atoms with E-state index in [0.29, 0.717) is 18.1 Å². The van der Waals surface area contributed by atoms with E-state index < -0.39 is 24.5 Å². The fraction of sp³-hybridized carbons (Fsp3) is 0.348. The highest BCUT2D eigenvalue weighted by atomic mass is 16.6. The van der Waals surface area contributed by atoms with Crippen molar-refractivity contribution in [3.63, 3.8) is 0 Å². The minimum Gasteiger partial charge on any atom is -0.482 e. The average Bonchev–Trinajstić information content (AvgIpc) is 2.71. The van der Waals surface area contributed by atoms with Crippen LogP contribution in [0.15, 0.2) is 54.6 Å². The normalized spacial score (nSPS) is 11.6. The molecule has 0 aromatic heterocycles. The Balaban J connectivity index is 1.75. The molecule has 1 N–H and O–H groups in total. The van der Waals surface area contributed by atoms with E-state index in [0.717, 1.165) is 5.56 Å². The van der Waals surface area contributed by atoms with E-state index in [9.17, 15) is 14.4 Å². The minimum atomic E-state index is -0.667. The maximum absolute atomic E-state index is 12.0. The Hall–Kier alpha value is -3.15. The second-order valence-electron chi connectivity index (χ2n) is 7.09. The van der Waals surface area contributed by atoms with Gasteiger partial charge in [0.05, 0.1) is 6.04 Å². The number of hydrogen-bond donors (Lipinski definition) is 1. The molecule has 0 radical (unpaired) electrons. The highest BCUT2D eigenvalue weighted by Gasteiger charge is 2.18. The number of ether oxygens (including phenoxy) is 2. The van der Waals surface area contributed by atoms with Gasteiger partial charge in [0.1, 0.15) is 5.75 Å². The predicted octanol–water partition coefficient (Wildman–Crippen LogP) is 3.05. The zero-order valence-corrected chi connectivity index (χ0v) is 17.0. The van der Waals surface area contributed by atoms with Crippen molar-refractivity contribution < 1.29 is 23.9 Å². The Kier molecular flexibility index (Phi) is 8.40. The van der Waals surface area contributed by atoms with Gasteiger partial charge >= 0.3 is 5.97 Å². The number of amides is 1. The van der Waals surface area contributed by atoms with Gasteiger partial charge in [0, 0.05) is 0 Å². The second kappa shape index (κ2) is 11.0. The maximum Gasteiger partial charge on any atom is 0.344 e. The van der Waals surface area contributed by atoms with Gasteiger partial charge in [-0.3, -0.25) is 9.59 Å². The molecule has 6 heteroatoms. The van der Waals surface area contributed by atoms with Gasteiger partial charge in [-0.1, -0.05) is 56.3 Å². The van der Waals surface area contributed by atoms with Crippen molar-refractivity contribution in [1.82, 2.24) is 5.32 Å². The number of benzene rings is 2. The standard InChI is InChI=1S/C23H27NO5/c1-16(2)19-9-11-20(12-10-19)28-15-23(27)29-14-22(26)24-21(17(3)25)13-18-7-5-4-6-8-18/h4-12,16,21H,13-15H2,1-3H3,(H,24,26)/t21-/m1/s1. The lowest BCUT2D eigenvalue weighted by molar-refractivity contribution is -0.150. The predicted molar refractivity (Wildman–Crippen MR) is 110 cm³/mol. The molecule has 1 atom stereocenters. The van der Waals surface area contributed by atoms with E-state index in [1.165, 1.54) is 12.5 Å². The Morgan fingerprint density at radius 3 is 2.17 bits per heavy atom. The second-order valence-corrected chi connectivity index (χ2v) is 7.09. The Bertz CT molecular complexity index is 815. The van der Waals surface area contributed by atoms with E-state index >= 15 is 0 Å². The van der Waals surface area contributed by atoms with Crippen molar-refractivity contribution in [3.8, 4) is 5.75 Å². The van der Waals surface area contributed by atoms with Gasteiger partial charge in [-0.15, -0.1) is 0 Å². The number of rotatable bonds is 10. The van der Waals surface area contributed by atoms with Gasteiger partial charge in [0.2, 0.25) is 0 Å². The molecule has 0 fully saturated rings. The van der Waals surface area contributed by atoms with Crippen LogP contribution in [-0.2, 0) is 25.5 Å². The van der Waals surface area contributed by atoms with Crippen LogP contribution in [-0.4, -0.2) is 36.9 Å². The summed E-state index contributed by atoms with van der Waals surface area (Å²) in [5.74, 6) is -0.392. The summed E-state index contributed by atoms with van der Waals surface area (Å²) in [6.45, 7) is 4.84. The van der Waals surface area contributed by atoms with E-state index in [1.54, 1.807) is 12.1 Å². The van der Waals surface area contributed by atoms with E-state index in [1.807, 2.05) is 42.5 Å². The Morgan fingerprint density at radius 1 is 0.931 bits per heavy atom. The van der Waals surface area contributed by atoms with Crippen LogP contribution in [0, 0.1) is 0 Å². The van der Waals surface area contributed by atoms with E-state index in [2.05, 4.69) is 19.2 Å². The molecular weight excluding hydrogens is 370 g/mol. The molecule has 0 aliphatic heterocycles. The summed E-state index contributed by atoms with van der Waals surface area (Å²) >= 11 is 0. The third-order valence-electron chi connectivity index (χ3n) is 4.38. The molecule has 1 amide bonds. The van der Waals surface area contributed by atoms with Crippen LogP contribution >= 0.6 is 0 Å². The molecule has 0 aliphatic carbocycles. The molecule has 0 spiro atoms. The summed E-state index contributed by atoms with van der Waals surface area (Å²) in [5, 5.41) is 2.60. The monoisotopic (exact) mass is 397 g/mol. The first-order chi connectivity index (χ1) is 13.8. The minimum absolute atomic E-state index is 0.165. The smallest absolute Gasteiger partial charge is 0.344 e. The van der Waals surface area contributed by atoms with Gasteiger partial charge in [-0.2, -0.15) is 0 Å². The molecule has 0 saturated heterocycles. The highest BCUT2D eigenvalue weighted by molar-refractivity contribution is 5.88. The number of hydrogen-bond acceptors (Lipinski definition) is 5. The maximum atomic E-state index is 12.0. The third kappa shape index (κ3) is 7.78. The van der Waals surface area contributed by atoms with Gasteiger partial charge in [-0.25, -0.2) is 4.79 Å². The Morgan fingerprint density at radius 2 is 1.59 bits per heavy atom. The van der Waals surface area contributed by atoms with Gasteiger partial charge in [-0.05, 0) is 42.5 Å². The van der Waals surface area contributed by atoms with Crippen LogP contribution in [0.3, 0.4) is 0 Å². The van der Waals surface area contributed by atoms with Crippen molar-refractivity contribution in [1.29, 1.82) is 0 Å². The lowest BCUT2D eigenvalue weighted by atomic mass is 10.0. The van der Waals surface area contributed by atoms with Crippen molar-refractivity contribution in [2.45, 2.75) is 39.2 Å². The topological polar surface area (TPSA) is 81.7 Å². The molecule has 2 rings (SSSR count). The first-order valence-electron chi connectivity index (χ1n) is 9.57. The van der Waals surface area contributed by atoms with E-state index in [-0.39, 0.29) is 12.4 Å². The van der Waals surface area contributed by atoms with Crippen molar-refractivity contribution in [2.75, 3.05) is 13.2 Å². The highest BCUT2D eigenvalue weighted by Crippen LogP contribution is 2.18. The number of esters is 1. The van der Waals surface area contributed by atoms with Crippen molar-refractivity contribution in [3.05, 3.63) is 65.7 Å². The number of nitrogens with one attached hydrogen (secondary N) is 1. The first kappa shape index (κ1) is 22.1. The van der Waals surface area contributed by atoms with Crippen LogP contribution < -0.4 is 10.1 Å². The first-order valence-corrected chi connectivity index (χ1v) is 9.57. The van der Waals surface area contributed by atoms with Crippen LogP contribution in [0.25, 0.3) is 0 Å². The molecule has 2 aromatic carbocycles. The SMILES string of the molecule is CC(=O)[C@@H](Cc1ccccc1)NC(=O)COC(=O)COc1ccc(C(C)C)cc1. The van der Waals surface area contributed by atoms with Crippen LogP contribution in [0.2, 0.25) is 0 Å². The lowest BCUT2D eigenvalue weighted by Crippen LogP contribution is -2.43. The largest absolute Gasteiger partial charge is 0.482 e. The third-order valence-corrected chi connectivity index (χ3v) is 4.38. The molecule has 2 aromatic rings. The molecule has 0 saturated carbocycles. The van der Waals surface area contributed by atoms with E-state index in [4.69, 9.17) is 9.47 Å². The zero-order valence-electron chi connectivity index (χ0n) is 17.0. The number of Topliss-reactive ketones (excluding diaryl/α,β-unsaturated/α-hetero) is 1. The van der Waals surface area contributed by atoms with Crippen molar-refractivity contribution >= 4 is 17.7 Å². The van der Waals surface area contributed by atoms with Gasteiger partial charge in [0.25, 0.3) is 5.91 Å². The van der Waals surface area contributed by atoms with Gasteiger partial charge in [0.15, 0.2) is 19.0 Å². The molecule has 29 heavy (non-hydrogen) atoms. The summed E-state index contributed by atoms with van der Waals surface area (Å²) < 4.78 is 10.3. The number of carbonyl (C=O) groups is 3. The lowest BCUT2D eigenvalue weighted by Gasteiger charge is -2.16. The quantitative estimate of drug-likeness (QED) is 0.623. The summed E-state index contributed by atoms with van der Waals surface area (Å²) in [6, 6.07) is 16.2. The number of carbonyl (C=O) groups excluding carboxylic acids is 3. The summed E-state index contributed by atoms with van der Waals surface area (Å²) in [6.07, 6.45) is 0.380. The fourth-order valence-corrected chi connectivity index (χ4v) is 2.66. The summed E-state index contributed by atoms with van der Waals surface area (Å²) in [5.41, 5.74) is 2.11. The zero-order chi connectivity index (χ0) is 21.2. The molecular formula is C23H27NO5. The average molecular weight is 397 g/mol. The summed E-state index contributed by atoms with van der Waals surface area (Å²) in [7, 11) is 0. The Labute approximate surface area is 171 Å². The summed E-state index contributed by atoms with van der Waals surface area (Å²) in [4.78, 5) is 35.7.